The molecule has 0 saturated heterocycles. The number of hydrogen-bond acceptors (Lipinski definition) is 4. The summed E-state index contributed by atoms with van der Waals surface area (Å²) in [7, 11) is 4.96. The highest BCUT2D eigenvalue weighted by atomic mass is 16.5. The Labute approximate surface area is 89.8 Å². The molecule has 15 heavy (non-hydrogen) atoms. The maximum absolute atomic E-state index is 9.75. The molecule has 0 aliphatic heterocycles. The lowest BCUT2D eigenvalue weighted by atomic mass is 10.1. The molecule has 0 saturated carbocycles. The van der Waals surface area contributed by atoms with Crippen LogP contribution in [0.3, 0.4) is 0 Å². The number of ether oxygens (including phenoxy) is 2. The number of hydrogen-bond donors (Lipinski definition) is 2. The molecule has 0 aliphatic carbocycles. The molecule has 0 radical (unpaired) electrons. The summed E-state index contributed by atoms with van der Waals surface area (Å²) in [6, 6.07) is 5.39. The summed E-state index contributed by atoms with van der Waals surface area (Å²) < 4.78 is 10.3. The lowest BCUT2D eigenvalue weighted by Crippen LogP contribution is -2.16. The largest absolute Gasteiger partial charge is 0.493 e. The van der Waals surface area contributed by atoms with Gasteiger partial charge in [0.15, 0.2) is 11.5 Å². The SMILES string of the molecule is CNC[C@@H](O)c1ccc(OC)c(OC)c1. The van der Waals surface area contributed by atoms with Crippen LogP contribution in [0.15, 0.2) is 18.2 Å². The van der Waals surface area contributed by atoms with Gasteiger partial charge in [-0.3, -0.25) is 0 Å². The highest BCUT2D eigenvalue weighted by molar-refractivity contribution is 5.43. The lowest BCUT2D eigenvalue weighted by molar-refractivity contribution is 0.177. The van der Waals surface area contributed by atoms with Gasteiger partial charge in [0.1, 0.15) is 0 Å². The Bertz CT molecular complexity index is 315. The number of aliphatic hydroxyl groups excluding tert-OH is 1. The van der Waals surface area contributed by atoms with Gasteiger partial charge >= 0.3 is 0 Å². The summed E-state index contributed by atoms with van der Waals surface area (Å²) in [4.78, 5) is 0. The molecule has 1 aromatic carbocycles. The minimum atomic E-state index is -0.533. The predicted octanol–water partition coefficient (Wildman–Crippen LogP) is 0.957. The van der Waals surface area contributed by atoms with Crippen LogP contribution in [0.4, 0.5) is 0 Å². The van der Waals surface area contributed by atoms with Crippen molar-refractivity contribution in [3.8, 4) is 11.5 Å². The van der Waals surface area contributed by atoms with Gasteiger partial charge in [0, 0.05) is 6.54 Å². The van der Waals surface area contributed by atoms with E-state index in [-0.39, 0.29) is 0 Å². The third-order valence-electron chi connectivity index (χ3n) is 2.19. The van der Waals surface area contributed by atoms with E-state index in [0.717, 1.165) is 5.56 Å². The summed E-state index contributed by atoms with van der Waals surface area (Å²) in [5.74, 6) is 1.29. The van der Waals surface area contributed by atoms with Crippen molar-refractivity contribution in [2.24, 2.45) is 0 Å². The highest BCUT2D eigenvalue weighted by Crippen LogP contribution is 2.29. The molecule has 0 aliphatic rings. The smallest absolute Gasteiger partial charge is 0.161 e. The zero-order valence-electron chi connectivity index (χ0n) is 9.28. The average Bonchev–Trinajstić information content (AvgIpc) is 2.28. The highest BCUT2D eigenvalue weighted by Gasteiger charge is 2.10. The van der Waals surface area contributed by atoms with Crippen LogP contribution in [-0.4, -0.2) is 32.9 Å². The Morgan fingerprint density at radius 2 is 1.93 bits per heavy atom. The number of rotatable bonds is 5. The summed E-state index contributed by atoms with van der Waals surface area (Å²) in [6.07, 6.45) is -0.533. The monoisotopic (exact) mass is 211 g/mol. The van der Waals surface area contributed by atoms with E-state index < -0.39 is 6.10 Å². The zero-order valence-corrected chi connectivity index (χ0v) is 9.28. The summed E-state index contributed by atoms with van der Waals surface area (Å²) in [6.45, 7) is 0.509. The van der Waals surface area contributed by atoms with Crippen LogP contribution in [-0.2, 0) is 0 Å². The van der Waals surface area contributed by atoms with Crippen molar-refractivity contribution >= 4 is 0 Å². The number of methoxy groups -OCH3 is 2. The Hall–Kier alpha value is -1.26. The summed E-state index contributed by atoms with van der Waals surface area (Å²) >= 11 is 0. The normalized spacial score (nSPS) is 12.3. The molecule has 0 spiro atoms. The molecule has 1 aromatic rings. The first-order chi connectivity index (χ1) is 7.22. The first kappa shape index (κ1) is 11.8. The Morgan fingerprint density at radius 1 is 1.27 bits per heavy atom. The fraction of sp³-hybridized carbons (Fsp3) is 0.455. The standard InChI is InChI=1S/C11H17NO3/c1-12-7-9(13)8-4-5-10(14-2)11(6-8)15-3/h4-6,9,12-13H,7H2,1-3H3/t9-/m1/s1. The van der Waals surface area contributed by atoms with E-state index in [1.807, 2.05) is 6.07 Å². The van der Waals surface area contributed by atoms with Crippen LogP contribution in [0.5, 0.6) is 11.5 Å². The van der Waals surface area contributed by atoms with Crippen molar-refractivity contribution < 1.29 is 14.6 Å². The Morgan fingerprint density at radius 3 is 2.47 bits per heavy atom. The summed E-state index contributed by atoms with van der Waals surface area (Å²) in [5, 5.41) is 12.7. The fourth-order valence-electron chi connectivity index (χ4n) is 1.37. The molecule has 0 unspecified atom stereocenters. The van der Waals surface area contributed by atoms with Crippen LogP contribution in [0, 0.1) is 0 Å². The van der Waals surface area contributed by atoms with Crippen LogP contribution >= 0.6 is 0 Å². The molecule has 4 heteroatoms. The second kappa shape index (κ2) is 5.58. The number of benzene rings is 1. The molecule has 1 rings (SSSR count). The molecule has 4 nitrogen and oxygen atoms in total. The molecule has 0 amide bonds. The third-order valence-corrected chi connectivity index (χ3v) is 2.19. The molecule has 84 valence electrons. The fourth-order valence-corrected chi connectivity index (χ4v) is 1.37. The van der Waals surface area contributed by atoms with Gasteiger partial charge in [-0.25, -0.2) is 0 Å². The Kier molecular flexibility index (Phi) is 4.39. The molecular formula is C11H17NO3. The molecular weight excluding hydrogens is 194 g/mol. The van der Waals surface area contributed by atoms with Gasteiger partial charge in [-0.15, -0.1) is 0 Å². The van der Waals surface area contributed by atoms with Crippen molar-refractivity contribution in [3.63, 3.8) is 0 Å². The van der Waals surface area contributed by atoms with Gasteiger partial charge in [0.2, 0.25) is 0 Å². The van der Waals surface area contributed by atoms with E-state index in [1.54, 1.807) is 33.4 Å². The Balaban J connectivity index is 2.92. The number of aliphatic hydroxyl groups is 1. The first-order valence-corrected chi connectivity index (χ1v) is 4.77. The van der Waals surface area contributed by atoms with Crippen molar-refractivity contribution in [1.82, 2.24) is 5.32 Å². The number of likely N-dealkylation sites (N-methyl/N-ethyl adjacent to an activating group) is 1. The maximum atomic E-state index is 9.75. The van der Waals surface area contributed by atoms with Gasteiger partial charge in [0.05, 0.1) is 20.3 Å². The van der Waals surface area contributed by atoms with Crippen molar-refractivity contribution in [2.75, 3.05) is 27.8 Å². The first-order valence-electron chi connectivity index (χ1n) is 4.77. The van der Waals surface area contributed by atoms with Crippen molar-refractivity contribution in [2.45, 2.75) is 6.10 Å². The van der Waals surface area contributed by atoms with Crippen LogP contribution in [0.25, 0.3) is 0 Å². The molecule has 0 bridgehead atoms. The van der Waals surface area contributed by atoms with Gasteiger partial charge in [0.25, 0.3) is 0 Å². The van der Waals surface area contributed by atoms with Crippen molar-refractivity contribution in [3.05, 3.63) is 23.8 Å². The maximum Gasteiger partial charge on any atom is 0.161 e. The topological polar surface area (TPSA) is 50.7 Å². The second-order valence-corrected chi connectivity index (χ2v) is 3.19. The van der Waals surface area contributed by atoms with Crippen LogP contribution in [0.1, 0.15) is 11.7 Å². The minimum Gasteiger partial charge on any atom is -0.493 e. The average molecular weight is 211 g/mol. The van der Waals surface area contributed by atoms with E-state index in [4.69, 9.17) is 9.47 Å². The predicted molar refractivity (Wildman–Crippen MR) is 58.4 cm³/mol. The molecule has 0 heterocycles. The van der Waals surface area contributed by atoms with Gasteiger partial charge < -0.3 is 19.9 Å². The molecule has 0 fully saturated rings. The molecule has 0 aromatic heterocycles. The zero-order chi connectivity index (χ0) is 11.3. The van der Waals surface area contributed by atoms with Gasteiger partial charge in [-0.1, -0.05) is 6.07 Å². The lowest BCUT2D eigenvalue weighted by Gasteiger charge is -2.13. The van der Waals surface area contributed by atoms with Crippen molar-refractivity contribution in [1.29, 1.82) is 0 Å². The van der Waals surface area contributed by atoms with Gasteiger partial charge in [-0.2, -0.15) is 0 Å². The van der Waals surface area contributed by atoms with E-state index in [9.17, 15) is 5.11 Å². The third kappa shape index (κ3) is 2.84. The van der Waals surface area contributed by atoms with Crippen LogP contribution < -0.4 is 14.8 Å². The number of nitrogens with one attached hydrogen (secondary N) is 1. The van der Waals surface area contributed by atoms with E-state index >= 15 is 0 Å². The van der Waals surface area contributed by atoms with E-state index in [1.165, 1.54) is 0 Å². The molecule has 2 N–H and O–H groups in total. The van der Waals surface area contributed by atoms with E-state index in [2.05, 4.69) is 5.32 Å². The van der Waals surface area contributed by atoms with E-state index in [0.29, 0.717) is 18.0 Å². The second-order valence-electron chi connectivity index (χ2n) is 3.19. The summed E-state index contributed by atoms with van der Waals surface area (Å²) in [5.41, 5.74) is 0.807. The minimum absolute atomic E-state index is 0.509. The quantitative estimate of drug-likeness (QED) is 0.761. The molecule has 1 atom stereocenters. The van der Waals surface area contributed by atoms with Crippen LogP contribution in [0.2, 0.25) is 0 Å². The van der Waals surface area contributed by atoms with Gasteiger partial charge in [-0.05, 0) is 24.7 Å².